The maximum absolute atomic E-state index is 12.9. The van der Waals surface area contributed by atoms with Gasteiger partial charge >= 0.3 is 11.8 Å². The fourth-order valence-corrected chi connectivity index (χ4v) is 7.76. The van der Waals surface area contributed by atoms with Crippen molar-refractivity contribution in [2.45, 2.75) is 56.6 Å². The van der Waals surface area contributed by atoms with Crippen molar-refractivity contribution in [1.29, 1.82) is 0 Å². The number of H-pyrrole nitrogens is 1. The second-order valence-corrected chi connectivity index (χ2v) is 11.5. The van der Waals surface area contributed by atoms with E-state index in [0.717, 1.165) is 61.2 Å². The number of pyridine rings is 1. The Balaban J connectivity index is 1.20. The van der Waals surface area contributed by atoms with Crippen molar-refractivity contribution in [2.24, 2.45) is 23.7 Å². The Kier molecular flexibility index (Phi) is 5.11. The molecule has 5 aliphatic rings. The molecule has 4 N–H and O–H groups in total. The molecule has 4 aliphatic carbocycles. The molecule has 0 radical (unpaired) electrons. The molecule has 5 atom stereocenters. The van der Waals surface area contributed by atoms with Gasteiger partial charge in [0.2, 0.25) is 0 Å². The zero-order chi connectivity index (χ0) is 24.4. The average Bonchev–Trinajstić information content (AvgIpc) is 3.47. The van der Waals surface area contributed by atoms with Gasteiger partial charge in [0.15, 0.2) is 5.65 Å². The molecule has 2 amide bonds. The molecule has 4 bridgehead atoms. The molecule has 10 nitrogen and oxygen atoms in total. The summed E-state index contributed by atoms with van der Waals surface area (Å²) < 4.78 is 7.54. The zero-order valence-corrected chi connectivity index (χ0v) is 20.2. The van der Waals surface area contributed by atoms with Crippen molar-refractivity contribution < 1.29 is 19.4 Å². The van der Waals surface area contributed by atoms with Crippen LogP contribution in [0.4, 0.5) is 5.82 Å². The lowest BCUT2D eigenvalue weighted by molar-refractivity contribution is -0.148. The molecule has 36 heavy (non-hydrogen) atoms. The molecule has 5 fully saturated rings. The molecule has 1 saturated heterocycles. The smallest absolute Gasteiger partial charge is 0.314 e. The van der Waals surface area contributed by atoms with Crippen LogP contribution in [0.5, 0.6) is 0 Å². The summed E-state index contributed by atoms with van der Waals surface area (Å²) in [7, 11) is 0. The Labute approximate surface area is 208 Å². The highest BCUT2D eigenvalue weighted by molar-refractivity contribution is 6.40. The van der Waals surface area contributed by atoms with E-state index < -0.39 is 17.4 Å². The molecule has 10 heteroatoms. The van der Waals surface area contributed by atoms with Crippen molar-refractivity contribution in [2.75, 3.05) is 25.1 Å². The van der Waals surface area contributed by atoms with Gasteiger partial charge < -0.3 is 20.5 Å². The highest BCUT2D eigenvalue weighted by Crippen LogP contribution is 2.60. The van der Waals surface area contributed by atoms with Gasteiger partial charge in [-0.3, -0.25) is 19.4 Å². The van der Waals surface area contributed by atoms with Crippen LogP contribution in [0.25, 0.3) is 21.9 Å². The predicted octanol–water partition coefficient (Wildman–Crippen LogP) is 2.51. The van der Waals surface area contributed by atoms with E-state index in [9.17, 15) is 14.7 Å². The number of carbonyl (C=O) groups excluding carboxylic acids is 2. The number of nitrogens with zero attached hydrogens (tertiary/aromatic N) is 3. The van der Waals surface area contributed by atoms with Crippen molar-refractivity contribution in [3.8, 4) is 0 Å². The van der Waals surface area contributed by atoms with E-state index in [0.29, 0.717) is 54.9 Å². The lowest BCUT2D eigenvalue weighted by atomic mass is 9.52. The summed E-state index contributed by atoms with van der Waals surface area (Å²) in [6, 6.07) is 2.14. The van der Waals surface area contributed by atoms with E-state index in [1.165, 1.54) is 0 Å². The molecule has 4 heterocycles. The third-order valence-electron chi connectivity index (χ3n) is 9.07. The van der Waals surface area contributed by atoms with Gasteiger partial charge in [0.1, 0.15) is 5.82 Å². The number of aliphatic hydroxyl groups is 1. The number of hydrogen-bond donors (Lipinski definition) is 4. The molecule has 1 aliphatic heterocycles. The summed E-state index contributed by atoms with van der Waals surface area (Å²) in [5.41, 5.74) is 1.07. The van der Waals surface area contributed by atoms with Gasteiger partial charge in [-0.15, -0.1) is 0 Å². The summed E-state index contributed by atoms with van der Waals surface area (Å²) in [5, 5.41) is 21.8. The van der Waals surface area contributed by atoms with E-state index in [-0.39, 0.29) is 6.04 Å². The highest BCUT2D eigenvalue weighted by Gasteiger charge is 2.55. The zero-order valence-electron chi connectivity index (χ0n) is 20.2. The number of nitrogens with one attached hydrogen (secondary N) is 3. The SMILES string of the molecule is O=C(NCC1CCOCC1)C(=O)Nc1[nH]n(C2[C@@H]3CC4C[C@H]2CC(O)(C4)C3)c2c1cnc1nccc12. The monoisotopic (exact) mass is 492 g/mol. The number of amides is 2. The van der Waals surface area contributed by atoms with Crippen LogP contribution in [-0.2, 0) is 14.3 Å². The van der Waals surface area contributed by atoms with Crippen LogP contribution in [0.1, 0.15) is 51.0 Å². The first-order chi connectivity index (χ1) is 17.5. The first kappa shape index (κ1) is 22.2. The maximum atomic E-state index is 12.9. The summed E-state index contributed by atoms with van der Waals surface area (Å²) in [6.45, 7) is 1.86. The molecule has 4 saturated carbocycles. The van der Waals surface area contributed by atoms with Gasteiger partial charge in [-0.05, 0) is 74.7 Å². The first-order valence-electron chi connectivity index (χ1n) is 13.2. The van der Waals surface area contributed by atoms with E-state index in [1.54, 1.807) is 12.4 Å². The maximum Gasteiger partial charge on any atom is 0.314 e. The molecule has 3 aromatic heterocycles. The molecule has 3 unspecified atom stereocenters. The minimum atomic E-state index is -0.697. The van der Waals surface area contributed by atoms with Gasteiger partial charge in [0, 0.05) is 37.5 Å². The average molecular weight is 493 g/mol. The topological polar surface area (TPSA) is 134 Å². The molecule has 0 spiro atoms. The second kappa shape index (κ2) is 8.27. The van der Waals surface area contributed by atoms with Crippen LogP contribution < -0.4 is 10.6 Å². The van der Waals surface area contributed by atoms with Crippen molar-refractivity contribution >= 4 is 39.6 Å². The summed E-state index contributed by atoms with van der Waals surface area (Å²) in [5.74, 6) is 0.786. The predicted molar refractivity (Wildman–Crippen MR) is 132 cm³/mol. The lowest BCUT2D eigenvalue weighted by Crippen LogP contribution is -2.55. The van der Waals surface area contributed by atoms with Crippen molar-refractivity contribution in [1.82, 2.24) is 25.1 Å². The van der Waals surface area contributed by atoms with E-state index >= 15 is 0 Å². The fourth-order valence-electron chi connectivity index (χ4n) is 7.76. The third kappa shape index (κ3) is 3.61. The fraction of sp³-hybridized carbons (Fsp3) is 0.615. The third-order valence-corrected chi connectivity index (χ3v) is 9.07. The Morgan fingerprint density at radius 3 is 2.64 bits per heavy atom. The number of rotatable bonds is 4. The van der Waals surface area contributed by atoms with Gasteiger partial charge in [0.25, 0.3) is 0 Å². The van der Waals surface area contributed by atoms with Gasteiger partial charge in [-0.1, -0.05) is 0 Å². The van der Waals surface area contributed by atoms with Crippen LogP contribution in [0.15, 0.2) is 18.5 Å². The van der Waals surface area contributed by atoms with E-state index in [4.69, 9.17) is 4.74 Å². The van der Waals surface area contributed by atoms with Gasteiger partial charge in [0.05, 0.1) is 22.5 Å². The van der Waals surface area contributed by atoms with E-state index in [2.05, 4.69) is 30.4 Å². The number of hydrogen-bond acceptors (Lipinski definition) is 6. The van der Waals surface area contributed by atoms with Crippen molar-refractivity contribution in [3.05, 3.63) is 18.5 Å². The van der Waals surface area contributed by atoms with E-state index in [1.807, 2.05) is 6.07 Å². The molecular weight excluding hydrogens is 460 g/mol. The summed E-state index contributed by atoms with van der Waals surface area (Å²) in [6.07, 6.45) is 10.0. The van der Waals surface area contributed by atoms with Gasteiger partial charge in [-0.25, -0.2) is 9.97 Å². The lowest BCUT2D eigenvalue weighted by Gasteiger charge is -2.58. The second-order valence-electron chi connectivity index (χ2n) is 11.5. The number of carbonyl (C=O) groups is 2. The highest BCUT2D eigenvalue weighted by atomic mass is 16.5. The molecular formula is C26H32N6O4. The minimum Gasteiger partial charge on any atom is -0.390 e. The van der Waals surface area contributed by atoms with Crippen LogP contribution in [0, 0.1) is 23.7 Å². The largest absolute Gasteiger partial charge is 0.390 e. The number of aromatic nitrogens is 4. The first-order valence-corrected chi connectivity index (χ1v) is 13.2. The molecule has 190 valence electrons. The summed E-state index contributed by atoms with van der Waals surface area (Å²) >= 11 is 0. The van der Waals surface area contributed by atoms with Crippen LogP contribution in [0.2, 0.25) is 0 Å². The Hall–Kier alpha value is -2.98. The summed E-state index contributed by atoms with van der Waals surface area (Å²) in [4.78, 5) is 34.4. The van der Waals surface area contributed by atoms with Crippen molar-refractivity contribution in [3.63, 3.8) is 0 Å². The number of anilines is 1. The minimum absolute atomic E-state index is 0.192. The molecule has 8 rings (SSSR count). The number of aromatic amines is 1. The van der Waals surface area contributed by atoms with Crippen LogP contribution >= 0.6 is 0 Å². The Bertz CT molecular complexity index is 1320. The number of ether oxygens (including phenoxy) is 1. The molecule has 0 aromatic carbocycles. The number of fused-ring (bicyclic) bond motifs is 3. The quantitative estimate of drug-likeness (QED) is 0.414. The normalized spacial score (nSPS) is 31.8. The van der Waals surface area contributed by atoms with Crippen LogP contribution in [-0.4, -0.2) is 62.0 Å². The molecule has 3 aromatic rings. The Morgan fingerprint density at radius 1 is 1.11 bits per heavy atom. The Morgan fingerprint density at radius 2 is 1.89 bits per heavy atom. The standard InChI is InChI=1S/C26H32N6O4/c33-24(29-12-14-2-5-36-6-3-14)25(34)30-23-19-13-28-22-18(1-4-27-22)21(19)32(31-23)20-16-7-15-8-17(20)11-26(35,9-15)10-16/h1,4,13-17,20,31,35H,2-3,5-12H2,(H,29,33)(H,30,34)/t15?,16-,17+,20?,26?. The van der Waals surface area contributed by atoms with Crippen LogP contribution in [0.3, 0.4) is 0 Å². The van der Waals surface area contributed by atoms with Gasteiger partial charge in [-0.2, -0.15) is 0 Å².